The summed E-state index contributed by atoms with van der Waals surface area (Å²) in [6.45, 7) is 2.76. The summed E-state index contributed by atoms with van der Waals surface area (Å²) in [5.41, 5.74) is 1.12. The maximum Gasteiger partial charge on any atom is 0.490 e. The van der Waals surface area contributed by atoms with Gasteiger partial charge in [-0.25, -0.2) is 9.59 Å². The molecule has 8 nitrogen and oxygen atoms in total. The van der Waals surface area contributed by atoms with E-state index >= 15 is 0 Å². The van der Waals surface area contributed by atoms with Crippen molar-refractivity contribution >= 4 is 29.2 Å². The summed E-state index contributed by atoms with van der Waals surface area (Å²) in [7, 11) is 0. The number of aliphatic carboxylic acids is 2. The molecule has 1 amide bonds. The number of hydrogen-bond donors (Lipinski definition) is 2. The van der Waals surface area contributed by atoms with Crippen LogP contribution in [0.4, 0.5) is 26.3 Å². The average Bonchev–Trinajstić information content (AvgIpc) is 3.49. The Morgan fingerprint density at radius 2 is 1.61 bits per heavy atom. The Morgan fingerprint density at radius 3 is 2.08 bits per heavy atom. The monoisotopic (exact) mass is 541 g/mol. The summed E-state index contributed by atoms with van der Waals surface area (Å²) in [5, 5.41) is 16.4. The number of carboxylic acid groups (broad SMARTS) is 2. The van der Waals surface area contributed by atoms with Crippen molar-refractivity contribution in [2.75, 3.05) is 6.54 Å². The molecule has 36 heavy (non-hydrogen) atoms. The van der Waals surface area contributed by atoms with Crippen LogP contribution >= 0.6 is 11.3 Å². The number of rotatable bonds is 4. The first-order chi connectivity index (χ1) is 16.7. The lowest BCUT2D eigenvalue weighted by molar-refractivity contribution is -0.193. The zero-order valence-corrected chi connectivity index (χ0v) is 19.2. The van der Waals surface area contributed by atoms with Crippen molar-refractivity contribution in [1.82, 2.24) is 14.8 Å². The molecule has 4 rings (SSSR count). The van der Waals surface area contributed by atoms with E-state index in [-0.39, 0.29) is 5.91 Å². The molecule has 4 heterocycles. The van der Waals surface area contributed by atoms with E-state index in [9.17, 15) is 31.1 Å². The summed E-state index contributed by atoms with van der Waals surface area (Å²) in [4.78, 5) is 40.3. The van der Waals surface area contributed by atoms with Crippen LogP contribution in [0.3, 0.4) is 0 Å². The van der Waals surface area contributed by atoms with Crippen LogP contribution in [0.2, 0.25) is 0 Å². The molecule has 2 N–H and O–H groups in total. The first kappa shape index (κ1) is 29.0. The Hall–Kier alpha value is -3.20. The van der Waals surface area contributed by atoms with Gasteiger partial charge in [0.05, 0.1) is 0 Å². The number of thiophene rings is 1. The van der Waals surface area contributed by atoms with Gasteiger partial charge in [-0.3, -0.25) is 14.7 Å². The van der Waals surface area contributed by atoms with E-state index in [0.717, 1.165) is 25.1 Å². The highest BCUT2D eigenvalue weighted by molar-refractivity contribution is 7.09. The van der Waals surface area contributed by atoms with Crippen LogP contribution in [0.25, 0.3) is 0 Å². The minimum Gasteiger partial charge on any atom is -0.475 e. The Morgan fingerprint density at radius 1 is 1.00 bits per heavy atom. The van der Waals surface area contributed by atoms with Crippen LogP contribution in [0, 0.1) is 0 Å². The second-order valence-electron chi connectivity index (χ2n) is 7.67. The number of halogens is 6. The smallest absolute Gasteiger partial charge is 0.475 e. The number of fused-ring (bicyclic) bond motifs is 1. The van der Waals surface area contributed by atoms with E-state index in [1.54, 1.807) is 17.5 Å². The number of hydrogen-bond acceptors (Lipinski definition) is 6. The Kier molecular flexibility index (Phi) is 9.81. The molecule has 0 saturated carbocycles. The highest BCUT2D eigenvalue weighted by atomic mass is 32.1. The van der Waals surface area contributed by atoms with Crippen LogP contribution in [0.5, 0.6) is 0 Å². The van der Waals surface area contributed by atoms with Gasteiger partial charge in [-0.2, -0.15) is 26.3 Å². The molecule has 2 aliphatic heterocycles. The van der Waals surface area contributed by atoms with Crippen molar-refractivity contribution < 1.29 is 50.9 Å². The van der Waals surface area contributed by atoms with E-state index in [1.807, 2.05) is 18.3 Å². The van der Waals surface area contributed by atoms with Gasteiger partial charge in [0.1, 0.15) is 0 Å². The Bertz CT molecular complexity index is 993. The number of amides is 1. The largest absolute Gasteiger partial charge is 0.490 e. The first-order valence-electron chi connectivity index (χ1n) is 10.2. The lowest BCUT2D eigenvalue weighted by Gasteiger charge is -2.25. The summed E-state index contributed by atoms with van der Waals surface area (Å²) >= 11 is 1.80. The molecule has 2 fully saturated rings. The van der Waals surface area contributed by atoms with Gasteiger partial charge in [0.2, 0.25) is 5.91 Å². The predicted octanol–water partition coefficient (Wildman–Crippen LogP) is 3.79. The SMILES string of the molecule is O=C(O)C(F)(F)F.O=C(O)C(F)(F)F.O=C1C[C@H]2[C@@H](CCN2Cc2cccs2)N1Cc1cccnc1. The molecule has 15 heteroatoms. The zero-order chi connectivity index (χ0) is 27.1. The van der Waals surface area contributed by atoms with E-state index in [1.165, 1.54) is 4.88 Å². The lowest BCUT2D eigenvalue weighted by atomic mass is 10.1. The van der Waals surface area contributed by atoms with Crippen molar-refractivity contribution in [3.8, 4) is 0 Å². The molecule has 2 aromatic rings. The molecular weight excluding hydrogens is 520 g/mol. The van der Waals surface area contributed by atoms with Crippen molar-refractivity contribution in [1.29, 1.82) is 0 Å². The molecule has 198 valence electrons. The van der Waals surface area contributed by atoms with Gasteiger partial charge in [0.15, 0.2) is 0 Å². The highest BCUT2D eigenvalue weighted by Gasteiger charge is 2.46. The maximum absolute atomic E-state index is 12.4. The zero-order valence-electron chi connectivity index (χ0n) is 18.4. The standard InChI is InChI=1S/C17H19N3OS.2C2HF3O2/c21-17-9-16-15(20(17)11-13-3-1-6-18-10-13)5-7-19(16)12-14-4-2-8-22-14;2*3-2(4,5)1(6)7/h1-4,6,8,10,15-16H,5,7,9,11-12H2;2*(H,6,7)/t15-,16+;;/m1../s1. The normalized spacial score (nSPS) is 19.6. The van der Waals surface area contributed by atoms with Gasteiger partial charge in [-0.05, 0) is 29.5 Å². The van der Waals surface area contributed by atoms with E-state index in [4.69, 9.17) is 19.8 Å². The molecule has 0 aromatic carbocycles. The minimum absolute atomic E-state index is 0.287. The number of carbonyl (C=O) groups is 3. The van der Waals surface area contributed by atoms with E-state index in [0.29, 0.717) is 25.0 Å². The summed E-state index contributed by atoms with van der Waals surface area (Å²) < 4.78 is 63.5. The van der Waals surface area contributed by atoms with E-state index < -0.39 is 24.3 Å². The van der Waals surface area contributed by atoms with Crippen molar-refractivity contribution in [2.45, 2.75) is 50.4 Å². The number of carboxylic acids is 2. The van der Waals surface area contributed by atoms with Gasteiger partial charge in [0, 0.05) is 55.4 Å². The number of aromatic nitrogens is 1. The van der Waals surface area contributed by atoms with Gasteiger partial charge in [-0.15, -0.1) is 11.3 Å². The lowest BCUT2D eigenvalue weighted by Crippen LogP contribution is -2.36. The van der Waals surface area contributed by atoms with Crippen LogP contribution in [-0.4, -0.2) is 73.8 Å². The van der Waals surface area contributed by atoms with Crippen LogP contribution in [-0.2, 0) is 27.5 Å². The summed E-state index contributed by atoms with van der Waals surface area (Å²) in [5.74, 6) is -5.23. The molecule has 0 radical (unpaired) electrons. The second kappa shape index (κ2) is 12.2. The summed E-state index contributed by atoms with van der Waals surface area (Å²) in [6.07, 6.45) is -4.78. The number of alkyl halides is 6. The maximum atomic E-state index is 12.4. The molecular formula is C21H21F6N3O5S. The fraction of sp³-hybridized carbons (Fsp3) is 0.429. The third kappa shape index (κ3) is 8.48. The number of likely N-dealkylation sites (tertiary alicyclic amines) is 2. The Balaban J connectivity index is 0.000000271. The molecule has 2 atom stereocenters. The molecule has 2 aliphatic rings. The van der Waals surface area contributed by atoms with Gasteiger partial charge < -0.3 is 15.1 Å². The van der Waals surface area contributed by atoms with Crippen molar-refractivity contribution in [3.63, 3.8) is 0 Å². The minimum atomic E-state index is -5.08. The van der Waals surface area contributed by atoms with Crippen molar-refractivity contribution in [3.05, 3.63) is 52.5 Å². The molecule has 0 bridgehead atoms. The van der Waals surface area contributed by atoms with E-state index in [2.05, 4.69) is 32.3 Å². The molecule has 0 spiro atoms. The van der Waals surface area contributed by atoms with Crippen LogP contribution in [0.15, 0.2) is 42.0 Å². The fourth-order valence-electron chi connectivity index (χ4n) is 3.70. The molecule has 0 unspecified atom stereocenters. The molecule has 2 saturated heterocycles. The second-order valence-corrected chi connectivity index (χ2v) is 8.70. The van der Waals surface area contributed by atoms with Gasteiger partial charge >= 0.3 is 24.3 Å². The fourth-order valence-corrected chi connectivity index (χ4v) is 4.43. The highest BCUT2D eigenvalue weighted by Crippen LogP contribution is 2.34. The van der Waals surface area contributed by atoms with Gasteiger partial charge in [0.25, 0.3) is 0 Å². The molecule has 0 aliphatic carbocycles. The topological polar surface area (TPSA) is 111 Å². The Labute approximate surface area is 204 Å². The third-order valence-corrected chi connectivity index (χ3v) is 6.09. The predicted molar refractivity (Wildman–Crippen MR) is 114 cm³/mol. The van der Waals surface area contributed by atoms with Crippen LogP contribution in [0.1, 0.15) is 23.3 Å². The van der Waals surface area contributed by atoms with Gasteiger partial charge in [-0.1, -0.05) is 12.1 Å². The van der Waals surface area contributed by atoms with Crippen LogP contribution < -0.4 is 0 Å². The number of carbonyl (C=O) groups excluding carboxylic acids is 1. The average molecular weight is 541 g/mol. The summed E-state index contributed by atoms with van der Waals surface area (Å²) in [6, 6.07) is 9.01. The van der Waals surface area contributed by atoms with Crippen molar-refractivity contribution in [2.24, 2.45) is 0 Å². The first-order valence-corrected chi connectivity index (χ1v) is 11.1. The third-order valence-electron chi connectivity index (χ3n) is 5.23. The molecule has 2 aromatic heterocycles. The quantitative estimate of drug-likeness (QED) is 0.567. The number of nitrogens with zero attached hydrogens (tertiary/aromatic N) is 3. The number of pyridine rings is 1.